The fourth-order valence-electron chi connectivity index (χ4n) is 3.37. The molecule has 1 aliphatic carbocycles. The van der Waals surface area contributed by atoms with Crippen molar-refractivity contribution in [3.8, 4) is 5.75 Å². The summed E-state index contributed by atoms with van der Waals surface area (Å²) in [6.07, 6.45) is 4.53. The van der Waals surface area contributed by atoms with E-state index in [1.54, 1.807) is 6.07 Å². The van der Waals surface area contributed by atoms with E-state index in [4.69, 9.17) is 4.74 Å². The summed E-state index contributed by atoms with van der Waals surface area (Å²) in [5.41, 5.74) is 8.85. The van der Waals surface area contributed by atoms with Gasteiger partial charge in [0.05, 0.1) is 0 Å². The van der Waals surface area contributed by atoms with Crippen molar-refractivity contribution >= 4 is 17.6 Å². The van der Waals surface area contributed by atoms with Gasteiger partial charge in [-0.05, 0) is 67.5 Å². The van der Waals surface area contributed by atoms with Crippen LogP contribution in [0.3, 0.4) is 0 Å². The van der Waals surface area contributed by atoms with E-state index in [2.05, 4.69) is 10.9 Å². The molecule has 0 atom stereocenters. The van der Waals surface area contributed by atoms with Crippen molar-refractivity contribution in [1.29, 1.82) is 0 Å². The second kappa shape index (κ2) is 9.87. The average molecular weight is 394 g/mol. The standard InChI is InChI=1S/C23H26N2O4/c1-16-5-4-8-20(13-16)29-15-23(28)25-24-22(27)12-11-21(26)19-10-9-17-6-2-3-7-18(17)14-19/h4-5,8-10,13-14H,2-3,6-7,11-12,15H2,1H3,(H,24,27)(H,25,28). The van der Waals surface area contributed by atoms with Crippen LogP contribution in [0.4, 0.5) is 0 Å². The molecule has 0 fully saturated rings. The van der Waals surface area contributed by atoms with Gasteiger partial charge in [0.15, 0.2) is 12.4 Å². The molecule has 2 aromatic rings. The molecule has 3 rings (SSSR count). The van der Waals surface area contributed by atoms with Crippen LogP contribution in [0.25, 0.3) is 0 Å². The zero-order valence-corrected chi connectivity index (χ0v) is 16.6. The summed E-state index contributed by atoms with van der Waals surface area (Å²) in [4.78, 5) is 36.1. The molecule has 0 aliphatic heterocycles. The number of ketones is 1. The van der Waals surface area contributed by atoms with Gasteiger partial charge in [-0.2, -0.15) is 0 Å². The molecule has 0 radical (unpaired) electrons. The van der Waals surface area contributed by atoms with E-state index in [0.717, 1.165) is 24.8 Å². The number of Topliss-reactive ketones (excluding diaryl/α,β-unsaturated/α-hetero) is 1. The zero-order valence-electron chi connectivity index (χ0n) is 16.6. The third kappa shape index (κ3) is 6.17. The molecule has 0 saturated carbocycles. The molecule has 0 heterocycles. The van der Waals surface area contributed by atoms with E-state index in [-0.39, 0.29) is 25.2 Å². The highest BCUT2D eigenvalue weighted by Gasteiger charge is 2.14. The number of carbonyl (C=O) groups excluding carboxylic acids is 3. The molecule has 29 heavy (non-hydrogen) atoms. The Hall–Kier alpha value is -3.15. The third-order valence-electron chi connectivity index (χ3n) is 4.95. The van der Waals surface area contributed by atoms with E-state index in [0.29, 0.717) is 11.3 Å². The van der Waals surface area contributed by atoms with Crippen molar-refractivity contribution in [2.75, 3.05) is 6.61 Å². The molecule has 0 unspecified atom stereocenters. The lowest BCUT2D eigenvalue weighted by Crippen LogP contribution is -2.43. The summed E-state index contributed by atoms with van der Waals surface area (Å²) in [6, 6.07) is 13.2. The van der Waals surface area contributed by atoms with Crippen LogP contribution in [0.1, 0.15) is 52.7 Å². The highest BCUT2D eigenvalue weighted by atomic mass is 16.5. The Labute approximate surface area is 170 Å². The Morgan fingerprint density at radius 2 is 1.66 bits per heavy atom. The maximum absolute atomic E-state index is 12.4. The quantitative estimate of drug-likeness (QED) is 0.558. The number of hydrazine groups is 1. The predicted octanol–water partition coefficient (Wildman–Crippen LogP) is 3.06. The van der Waals surface area contributed by atoms with Crippen molar-refractivity contribution < 1.29 is 19.1 Å². The lowest BCUT2D eigenvalue weighted by molar-refractivity contribution is -0.130. The number of fused-ring (bicyclic) bond motifs is 1. The molecule has 0 spiro atoms. The number of ether oxygens (including phenoxy) is 1. The number of hydrogen-bond acceptors (Lipinski definition) is 4. The Morgan fingerprint density at radius 3 is 2.45 bits per heavy atom. The van der Waals surface area contributed by atoms with E-state index < -0.39 is 11.8 Å². The topological polar surface area (TPSA) is 84.5 Å². The minimum Gasteiger partial charge on any atom is -0.484 e. The van der Waals surface area contributed by atoms with Gasteiger partial charge in [0.25, 0.3) is 5.91 Å². The molecule has 0 bridgehead atoms. The first-order valence-electron chi connectivity index (χ1n) is 9.93. The lowest BCUT2D eigenvalue weighted by atomic mass is 9.89. The Bertz CT molecular complexity index is 908. The van der Waals surface area contributed by atoms with Crippen LogP contribution in [-0.2, 0) is 22.4 Å². The number of benzene rings is 2. The van der Waals surface area contributed by atoms with Crippen molar-refractivity contribution in [3.05, 3.63) is 64.7 Å². The fraction of sp³-hybridized carbons (Fsp3) is 0.348. The Kier molecular flexibility index (Phi) is 7.00. The maximum Gasteiger partial charge on any atom is 0.276 e. The van der Waals surface area contributed by atoms with Crippen LogP contribution in [0.2, 0.25) is 0 Å². The summed E-state index contributed by atoms with van der Waals surface area (Å²) >= 11 is 0. The molecule has 2 N–H and O–H groups in total. The predicted molar refractivity (Wildman–Crippen MR) is 110 cm³/mol. The zero-order chi connectivity index (χ0) is 20.6. The first-order valence-corrected chi connectivity index (χ1v) is 9.93. The van der Waals surface area contributed by atoms with Crippen LogP contribution < -0.4 is 15.6 Å². The third-order valence-corrected chi connectivity index (χ3v) is 4.95. The van der Waals surface area contributed by atoms with E-state index in [1.165, 1.54) is 17.5 Å². The number of rotatable bonds is 7. The number of carbonyl (C=O) groups is 3. The van der Waals surface area contributed by atoms with Crippen LogP contribution in [0, 0.1) is 6.92 Å². The molecule has 152 valence electrons. The van der Waals surface area contributed by atoms with E-state index >= 15 is 0 Å². The monoisotopic (exact) mass is 394 g/mol. The molecule has 2 amide bonds. The number of nitrogens with one attached hydrogen (secondary N) is 2. The van der Waals surface area contributed by atoms with Gasteiger partial charge >= 0.3 is 0 Å². The van der Waals surface area contributed by atoms with Crippen molar-refractivity contribution in [2.24, 2.45) is 0 Å². The van der Waals surface area contributed by atoms with Gasteiger partial charge in [-0.3, -0.25) is 25.2 Å². The van der Waals surface area contributed by atoms with Gasteiger partial charge in [-0.1, -0.05) is 24.3 Å². The second-order valence-corrected chi connectivity index (χ2v) is 7.32. The van der Waals surface area contributed by atoms with Crippen LogP contribution in [0.5, 0.6) is 5.75 Å². The van der Waals surface area contributed by atoms with Crippen molar-refractivity contribution in [2.45, 2.75) is 45.4 Å². The van der Waals surface area contributed by atoms with Gasteiger partial charge in [0, 0.05) is 18.4 Å². The highest BCUT2D eigenvalue weighted by molar-refractivity contribution is 5.98. The molecular weight excluding hydrogens is 368 g/mol. The first kappa shape index (κ1) is 20.6. The largest absolute Gasteiger partial charge is 0.484 e. The van der Waals surface area contributed by atoms with Crippen LogP contribution in [-0.4, -0.2) is 24.2 Å². The Morgan fingerprint density at radius 1 is 0.897 bits per heavy atom. The first-order chi connectivity index (χ1) is 14.0. The summed E-state index contributed by atoms with van der Waals surface area (Å²) < 4.78 is 5.36. The SMILES string of the molecule is Cc1cccc(OCC(=O)NNC(=O)CCC(=O)c2ccc3c(c2)CCCC3)c1. The number of aryl methyl sites for hydroxylation is 3. The fourth-order valence-corrected chi connectivity index (χ4v) is 3.37. The molecule has 1 aliphatic rings. The van der Waals surface area contributed by atoms with Gasteiger partial charge in [0.2, 0.25) is 5.91 Å². The maximum atomic E-state index is 12.4. The average Bonchev–Trinajstić information content (AvgIpc) is 2.74. The van der Waals surface area contributed by atoms with Crippen LogP contribution in [0.15, 0.2) is 42.5 Å². The van der Waals surface area contributed by atoms with Crippen molar-refractivity contribution in [1.82, 2.24) is 10.9 Å². The molecular formula is C23H26N2O4. The number of amides is 2. The van der Waals surface area contributed by atoms with Gasteiger partial charge in [0.1, 0.15) is 5.75 Å². The van der Waals surface area contributed by atoms with Gasteiger partial charge in [-0.25, -0.2) is 0 Å². The van der Waals surface area contributed by atoms with E-state index in [9.17, 15) is 14.4 Å². The summed E-state index contributed by atoms with van der Waals surface area (Å²) in [6.45, 7) is 1.72. The van der Waals surface area contributed by atoms with E-state index in [1.807, 2.05) is 43.3 Å². The van der Waals surface area contributed by atoms with Crippen molar-refractivity contribution in [3.63, 3.8) is 0 Å². The minimum atomic E-state index is -0.471. The Balaban J connectivity index is 1.38. The molecule has 2 aromatic carbocycles. The van der Waals surface area contributed by atoms with Gasteiger partial charge in [-0.15, -0.1) is 0 Å². The normalized spacial score (nSPS) is 12.6. The molecule has 6 heteroatoms. The summed E-state index contributed by atoms with van der Waals surface area (Å²) in [5.74, 6) is -0.370. The van der Waals surface area contributed by atoms with Gasteiger partial charge < -0.3 is 4.74 Å². The second-order valence-electron chi connectivity index (χ2n) is 7.32. The summed E-state index contributed by atoms with van der Waals surface area (Å²) in [7, 11) is 0. The molecule has 0 saturated heterocycles. The number of hydrogen-bond donors (Lipinski definition) is 2. The summed E-state index contributed by atoms with van der Waals surface area (Å²) in [5, 5.41) is 0. The smallest absolute Gasteiger partial charge is 0.276 e. The van der Waals surface area contributed by atoms with Crippen LogP contribution >= 0.6 is 0 Å². The highest BCUT2D eigenvalue weighted by Crippen LogP contribution is 2.23. The minimum absolute atomic E-state index is 0.00886. The lowest BCUT2D eigenvalue weighted by Gasteiger charge is -2.16. The molecule has 0 aromatic heterocycles. The molecule has 6 nitrogen and oxygen atoms in total.